The van der Waals surface area contributed by atoms with Crippen LogP contribution in [0.1, 0.15) is 5.56 Å². The Balaban J connectivity index is 0.000000275. The molecule has 4 aromatic rings. The number of nitrogens with two attached hydrogens (primary N) is 1. The SMILES string of the molecule is COc1cc(Br)c(Cl)cc1N.COc1cc(Br)c(Cl)cc1Nc1ccc(SCc2ccccc2)cn1. The summed E-state index contributed by atoms with van der Waals surface area (Å²) in [6, 6.07) is 21.4. The number of hydrogen-bond donors (Lipinski definition) is 2. The van der Waals surface area contributed by atoms with Crippen LogP contribution in [0.4, 0.5) is 17.2 Å². The monoisotopic (exact) mass is 669 g/mol. The molecule has 0 bridgehead atoms. The highest BCUT2D eigenvalue weighted by molar-refractivity contribution is 9.10. The molecule has 0 spiro atoms. The Kier molecular flexibility index (Phi) is 11.1. The molecular weight excluding hydrogens is 649 g/mol. The van der Waals surface area contributed by atoms with Crippen LogP contribution in [-0.2, 0) is 5.75 Å². The van der Waals surface area contributed by atoms with Gasteiger partial charge in [-0.1, -0.05) is 53.5 Å². The third kappa shape index (κ3) is 8.21. The predicted octanol–water partition coefficient (Wildman–Crippen LogP) is 9.24. The quantitative estimate of drug-likeness (QED) is 0.151. The summed E-state index contributed by atoms with van der Waals surface area (Å²) < 4.78 is 11.9. The average Bonchev–Trinajstić information content (AvgIpc) is 2.89. The summed E-state index contributed by atoms with van der Waals surface area (Å²) in [6.07, 6.45) is 1.86. The van der Waals surface area contributed by atoms with E-state index in [1.807, 2.05) is 30.5 Å². The highest BCUT2D eigenvalue weighted by Crippen LogP contribution is 2.36. The van der Waals surface area contributed by atoms with E-state index in [4.69, 9.17) is 38.4 Å². The number of nitrogens with one attached hydrogen (secondary N) is 1. The van der Waals surface area contributed by atoms with Gasteiger partial charge in [-0.2, -0.15) is 0 Å². The van der Waals surface area contributed by atoms with Crippen LogP contribution < -0.4 is 20.5 Å². The number of nitrogens with zero attached hydrogens (tertiary/aromatic N) is 1. The van der Waals surface area contributed by atoms with Gasteiger partial charge in [0.2, 0.25) is 0 Å². The first-order valence-corrected chi connectivity index (χ1v) is 13.8. The van der Waals surface area contributed by atoms with Crippen molar-refractivity contribution in [1.82, 2.24) is 4.98 Å². The molecule has 0 saturated heterocycles. The first-order chi connectivity index (χ1) is 17.3. The van der Waals surface area contributed by atoms with Crippen molar-refractivity contribution in [2.24, 2.45) is 0 Å². The van der Waals surface area contributed by atoms with E-state index < -0.39 is 0 Å². The Labute approximate surface area is 242 Å². The number of hydrogen-bond acceptors (Lipinski definition) is 6. The maximum Gasteiger partial charge on any atom is 0.143 e. The molecule has 5 nitrogen and oxygen atoms in total. The lowest BCUT2D eigenvalue weighted by atomic mass is 10.2. The maximum atomic E-state index is 6.17. The smallest absolute Gasteiger partial charge is 0.143 e. The molecule has 36 heavy (non-hydrogen) atoms. The van der Waals surface area contributed by atoms with E-state index in [0.717, 1.165) is 31.1 Å². The van der Waals surface area contributed by atoms with Crippen molar-refractivity contribution in [3.8, 4) is 11.5 Å². The summed E-state index contributed by atoms with van der Waals surface area (Å²) in [7, 11) is 3.18. The van der Waals surface area contributed by atoms with Gasteiger partial charge in [0.15, 0.2) is 0 Å². The first kappa shape index (κ1) is 28.5. The number of anilines is 3. The first-order valence-electron chi connectivity index (χ1n) is 10.5. The Bertz CT molecular complexity index is 1300. The van der Waals surface area contributed by atoms with E-state index >= 15 is 0 Å². The summed E-state index contributed by atoms with van der Waals surface area (Å²) in [5.74, 6) is 2.98. The number of rotatable bonds is 7. The molecule has 3 aromatic carbocycles. The number of methoxy groups -OCH3 is 2. The number of thioether (sulfide) groups is 1. The van der Waals surface area contributed by atoms with E-state index in [-0.39, 0.29) is 0 Å². The summed E-state index contributed by atoms with van der Waals surface area (Å²) in [6.45, 7) is 0. The second kappa shape index (κ2) is 14.0. The zero-order chi connectivity index (χ0) is 26.1. The van der Waals surface area contributed by atoms with Gasteiger partial charge in [-0.3, -0.25) is 0 Å². The Morgan fingerprint density at radius 2 is 1.53 bits per heavy atom. The van der Waals surface area contributed by atoms with E-state index in [1.165, 1.54) is 5.56 Å². The highest BCUT2D eigenvalue weighted by atomic mass is 79.9. The van der Waals surface area contributed by atoms with E-state index in [2.05, 4.69) is 72.5 Å². The summed E-state index contributed by atoms with van der Waals surface area (Å²) in [5.41, 5.74) is 8.18. The van der Waals surface area contributed by atoms with Crippen LogP contribution in [-0.4, -0.2) is 19.2 Å². The van der Waals surface area contributed by atoms with Gasteiger partial charge in [0, 0.05) is 25.8 Å². The second-order valence-corrected chi connectivity index (χ2v) is 10.8. The second-order valence-electron chi connectivity index (χ2n) is 7.25. The van der Waals surface area contributed by atoms with Crippen LogP contribution in [0.15, 0.2) is 86.8 Å². The van der Waals surface area contributed by atoms with Gasteiger partial charge in [0.05, 0.1) is 35.6 Å². The molecule has 188 valence electrons. The topological polar surface area (TPSA) is 69.4 Å². The summed E-state index contributed by atoms with van der Waals surface area (Å²) in [4.78, 5) is 5.59. The van der Waals surface area contributed by atoms with Crippen LogP contribution in [0, 0.1) is 0 Å². The van der Waals surface area contributed by atoms with Crippen molar-refractivity contribution >= 4 is 84.0 Å². The van der Waals surface area contributed by atoms with Crippen molar-refractivity contribution in [2.45, 2.75) is 10.6 Å². The summed E-state index contributed by atoms with van der Waals surface area (Å²) >= 11 is 20.3. The van der Waals surface area contributed by atoms with Crippen molar-refractivity contribution in [3.05, 3.63) is 97.5 Å². The fourth-order valence-corrected chi connectivity index (χ4v) is 4.73. The maximum absolute atomic E-state index is 6.17. The van der Waals surface area contributed by atoms with Gasteiger partial charge in [-0.25, -0.2) is 4.98 Å². The predicted molar refractivity (Wildman–Crippen MR) is 159 cm³/mol. The Morgan fingerprint density at radius 3 is 2.14 bits per heavy atom. The number of nitrogen functional groups attached to an aromatic ring is 1. The molecule has 0 fully saturated rings. The molecule has 0 unspecified atom stereocenters. The molecule has 1 heterocycles. The molecule has 0 aliphatic carbocycles. The number of pyridine rings is 1. The van der Waals surface area contributed by atoms with E-state index in [9.17, 15) is 0 Å². The zero-order valence-electron chi connectivity index (χ0n) is 19.4. The molecule has 4 rings (SSSR count). The van der Waals surface area contributed by atoms with Crippen LogP contribution in [0.2, 0.25) is 10.0 Å². The van der Waals surface area contributed by atoms with Gasteiger partial charge in [0.1, 0.15) is 17.3 Å². The van der Waals surface area contributed by atoms with Crippen LogP contribution in [0.25, 0.3) is 0 Å². The largest absolute Gasteiger partial charge is 0.495 e. The third-order valence-corrected chi connectivity index (χ3v) is 8.21. The molecule has 0 aliphatic rings. The lowest BCUT2D eigenvalue weighted by Crippen LogP contribution is -1.97. The zero-order valence-corrected chi connectivity index (χ0v) is 24.9. The Morgan fingerprint density at radius 1 is 0.889 bits per heavy atom. The van der Waals surface area contributed by atoms with Gasteiger partial charge in [-0.15, -0.1) is 11.8 Å². The minimum atomic E-state index is 0.542. The summed E-state index contributed by atoms with van der Waals surface area (Å²) in [5, 5.41) is 4.44. The minimum Gasteiger partial charge on any atom is -0.495 e. The van der Waals surface area contributed by atoms with Gasteiger partial charge in [0.25, 0.3) is 0 Å². The molecule has 0 amide bonds. The van der Waals surface area contributed by atoms with E-state index in [0.29, 0.717) is 27.2 Å². The molecular formula is C26H23Br2Cl2N3O2S. The minimum absolute atomic E-state index is 0.542. The van der Waals surface area contributed by atoms with Crippen molar-refractivity contribution in [1.29, 1.82) is 0 Å². The molecule has 3 N–H and O–H groups in total. The average molecular weight is 672 g/mol. The van der Waals surface area contributed by atoms with Crippen LogP contribution >= 0.6 is 66.8 Å². The van der Waals surface area contributed by atoms with Gasteiger partial charge >= 0.3 is 0 Å². The standard InChI is InChI=1S/C19H16BrClN2OS.C7H7BrClNO/c1-24-18-9-15(20)16(21)10-17(18)23-19-8-7-14(11-22-19)25-12-13-5-3-2-4-6-13;1-11-7-2-4(8)5(9)3-6(7)10/h2-11H,12H2,1H3,(H,22,23);2-3H,10H2,1H3. The third-order valence-electron chi connectivity index (χ3n) is 4.76. The lowest BCUT2D eigenvalue weighted by molar-refractivity contribution is 0.416. The molecule has 0 aliphatic heterocycles. The van der Waals surface area contributed by atoms with Crippen molar-refractivity contribution in [2.75, 3.05) is 25.3 Å². The molecule has 10 heteroatoms. The van der Waals surface area contributed by atoms with Crippen LogP contribution in [0.5, 0.6) is 11.5 Å². The molecule has 0 radical (unpaired) electrons. The van der Waals surface area contributed by atoms with Gasteiger partial charge < -0.3 is 20.5 Å². The van der Waals surface area contributed by atoms with Crippen LogP contribution in [0.3, 0.4) is 0 Å². The lowest BCUT2D eigenvalue weighted by Gasteiger charge is -2.12. The fraction of sp³-hybridized carbons (Fsp3) is 0.115. The molecule has 1 aromatic heterocycles. The normalized spacial score (nSPS) is 10.3. The van der Waals surface area contributed by atoms with Crippen molar-refractivity contribution < 1.29 is 9.47 Å². The number of ether oxygens (including phenoxy) is 2. The van der Waals surface area contributed by atoms with E-state index in [1.54, 1.807) is 38.1 Å². The highest BCUT2D eigenvalue weighted by Gasteiger charge is 2.09. The molecule has 0 saturated carbocycles. The van der Waals surface area contributed by atoms with Gasteiger partial charge in [-0.05, 0) is 73.8 Å². The number of halogens is 4. The fourth-order valence-electron chi connectivity index (χ4n) is 2.93. The number of benzene rings is 3. The number of aromatic nitrogens is 1. The van der Waals surface area contributed by atoms with Crippen molar-refractivity contribution in [3.63, 3.8) is 0 Å². The Hall–Kier alpha value is -2.10. The molecule has 0 atom stereocenters.